The summed E-state index contributed by atoms with van der Waals surface area (Å²) in [7, 11) is 0. The van der Waals surface area contributed by atoms with E-state index >= 15 is 0 Å². The van der Waals surface area contributed by atoms with Crippen molar-refractivity contribution < 1.29 is 8.78 Å². The third kappa shape index (κ3) is 4.23. The highest BCUT2D eigenvalue weighted by atomic mass is 35.5. The van der Waals surface area contributed by atoms with Crippen molar-refractivity contribution in [3.8, 4) is 22.3 Å². The van der Waals surface area contributed by atoms with Gasteiger partial charge in [0.25, 0.3) is 0 Å². The van der Waals surface area contributed by atoms with Gasteiger partial charge in [-0.05, 0) is 83.3 Å². The largest absolute Gasteiger partial charge is 0.206 e. The Kier molecular flexibility index (Phi) is 6.01. The molecule has 0 fully saturated rings. The van der Waals surface area contributed by atoms with Crippen LogP contribution in [-0.4, -0.2) is 0 Å². The van der Waals surface area contributed by atoms with Gasteiger partial charge in [0.05, 0.1) is 5.02 Å². The first-order chi connectivity index (χ1) is 14.1. The van der Waals surface area contributed by atoms with Crippen LogP contribution in [0.1, 0.15) is 49.3 Å². The fourth-order valence-corrected chi connectivity index (χ4v) is 4.38. The molecule has 0 N–H and O–H groups in total. The maximum absolute atomic E-state index is 15.0. The van der Waals surface area contributed by atoms with Gasteiger partial charge in [-0.3, -0.25) is 0 Å². The van der Waals surface area contributed by atoms with E-state index < -0.39 is 5.82 Å². The average molecular weight is 411 g/mol. The molecule has 0 unspecified atom stereocenters. The maximum atomic E-state index is 15.0. The molecule has 0 saturated heterocycles. The normalized spacial score (nSPS) is 12.6. The summed E-state index contributed by atoms with van der Waals surface area (Å²) in [5, 5.41) is 0.0477. The van der Waals surface area contributed by atoms with Gasteiger partial charge in [-0.25, -0.2) is 8.78 Å². The highest BCUT2D eigenvalue weighted by Gasteiger charge is 2.20. The van der Waals surface area contributed by atoms with Crippen molar-refractivity contribution in [2.24, 2.45) is 0 Å². The molecule has 0 aromatic heterocycles. The number of fused-ring (bicyclic) bond motifs is 3. The highest BCUT2D eigenvalue weighted by molar-refractivity contribution is 6.30. The first kappa shape index (κ1) is 20.1. The van der Waals surface area contributed by atoms with Crippen molar-refractivity contribution >= 4 is 11.6 Å². The lowest BCUT2D eigenvalue weighted by Crippen LogP contribution is -2.06. The molecule has 0 aliphatic heterocycles. The molecule has 0 radical (unpaired) electrons. The monoisotopic (exact) mass is 410 g/mol. The molecular weight excluding hydrogens is 386 g/mol. The van der Waals surface area contributed by atoms with Crippen LogP contribution >= 0.6 is 11.6 Å². The fourth-order valence-electron chi connectivity index (χ4n) is 4.26. The maximum Gasteiger partial charge on any atom is 0.142 e. The molecule has 29 heavy (non-hydrogen) atoms. The van der Waals surface area contributed by atoms with E-state index in [1.54, 1.807) is 12.1 Å². The Bertz CT molecular complexity index is 1040. The van der Waals surface area contributed by atoms with Gasteiger partial charge in [-0.15, -0.1) is 0 Å². The summed E-state index contributed by atoms with van der Waals surface area (Å²) in [6.07, 6.45) is 7.95. The van der Waals surface area contributed by atoms with Gasteiger partial charge in [0, 0.05) is 5.56 Å². The molecule has 0 nitrogen and oxygen atoms in total. The van der Waals surface area contributed by atoms with Crippen LogP contribution in [0.25, 0.3) is 22.3 Å². The fraction of sp³-hybridized carbons (Fsp3) is 0.308. The average Bonchev–Trinajstić information content (AvgIpc) is 2.72. The van der Waals surface area contributed by atoms with Crippen LogP contribution in [0.3, 0.4) is 0 Å². The standard InChI is InChI=1S/C26H25ClF2/c1-2-3-4-5-6-17-7-11-21-18(13-17)8-9-19-14-23(25(28)16-22(19)21)20-10-12-24(27)26(29)15-20/h7,10-16H,2-6,8-9H2,1H3. The van der Waals surface area contributed by atoms with Crippen LogP contribution in [0, 0.1) is 11.6 Å². The molecule has 0 saturated carbocycles. The second kappa shape index (κ2) is 8.67. The van der Waals surface area contributed by atoms with Gasteiger partial charge >= 0.3 is 0 Å². The van der Waals surface area contributed by atoms with E-state index in [0.29, 0.717) is 11.1 Å². The lowest BCUT2D eigenvalue weighted by atomic mass is 9.83. The minimum absolute atomic E-state index is 0.0477. The number of halogens is 3. The van der Waals surface area contributed by atoms with Crippen molar-refractivity contribution in [1.29, 1.82) is 0 Å². The Morgan fingerprint density at radius 2 is 1.55 bits per heavy atom. The summed E-state index contributed by atoms with van der Waals surface area (Å²) in [5.41, 5.74) is 6.80. The van der Waals surface area contributed by atoms with Crippen molar-refractivity contribution in [2.75, 3.05) is 0 Å². The SMILES string of the molecule is CCCCCCc1ccc2c(c1)CCc1cc(-c3ccc(Cl)c(F)c3)c(F)cc1-2. The zero-order valence-electron chi connectivity index (χ0n) is 16.7. The van der Waals surface area contributed by atoms with Crippen molar-refractivity contribution in [3.63, 3.8) is 0 Å². The summed E-state index contributed by atoms with van der Waals surface area (Å²) in [4.78, 5) is 0. The predicted octanol–water partition coefficient (Wildman–Crippen LogP) is 8.17. The van der Waals surface area contributed by atoms with Crippen LogP contribution in [0.5, 0.6) is 0 Å². The molecule has 1 aliphatic rings. The minimum Gasteiger partial charge on any atom is -0.206 e. The lowest BCUT2D eigenvalue weighted by molar-refractivity contribution is 0.624. The Balaban J connectivity index is 1.64. The van der Waals surface area contributed by atoms with Crippen molar-refractivity contribution in [3.05, 3.63) is 81.9 Å². The van der Waals surface area contributed by atoms with E-state index in [1.165, 1.54) is 48.9 Å². The van der Waals surface area contributed by atoms with E-state index in [2.05, 4.69) is 25.1 Å². The molecule has 0 bridgehead atoms. The van der Waals surface area contributed by atoms with Crippen LogP contribution in [0.2, 0.25) is 5.02 Å². The van der Waals surface area contributed by atoms with Crippen LogP contribution in [0.15, 0.2) is 48.5 Å². The van der Waals surface area contributed by atoms with Gasteiger partial charge in [0.2, 0.25) is 0 Å². The number of benzene rings is 3. The smallest absolute Gasteiger partial charge is 0.142 e. The molecular formula is C26H25ClF2. The van der Waals surface area contributed by atoms with Crippen molar-refractivity contribution in [2.45, 2.75) is 51.9 Å². The highest BCUT2D eigenvalue weighted by Crippen LogP contribution is 2.38. The Morgan fingerprint density at radius 1 is 0.759 bits per heavy atom. The van der Waals surface area contributed by atoms with Gasteiger partial charge in [-0.1, -0.05) is 62.1 Å². The van der Waals surface area contributed by atoms with E-state index in [0.717, 1.165) is 36.0 Å². The molecule has 0 heterocycles. The lowest BCUT2D eigenvalue weighted by Gasteiger charge is -2.22. The number of rotatable bonds is 6. The molecule has 0 spiro atoms. The van der Waals surface area contributed by atoms with Crippen LogP contribution in [0.4, 0.5) is 8.78 Å². The second-order valence-electron chi connectivity index (χ2n) is 7.92. The molecule has 3 heteroatoms. The quantitative estimate of drug-likeness (QED) is 0.359. The molecule has 0 atom stereocenters. The van der Waals surface area contributed by atoms with Gasteiger partial charge in [-0.2, -0.15) is 0 Å². The first-order valence-electron chi connectivity index (χ1n) is 10.5. The van der Waals surface area contributed by atoms with Crippen LogP contribution < -0.4 is 0 Å². The number of hydrogen-bond donors (Lipinski definition) is 0. The van der Waals surface area contributed by atoms with E-state index in [4.69, 9.17) is 11.6 Å². The van der Waals surface area contributed by atoms with Gasteiger partial charge in [0.15, 0.2) is 0 Å². The third-order valence-electron chi connectivity index (χ3n) is 5.87. The summed E-state index contributed by atoms with van der Waals surface area (Å²) >= 11 is 5.77. The van der Waals surface area contributed by atoms with Crippen molar-refractivity contribution in [1.82, 2.24) is 0 Å². The molecule has 3 aromatic rings. The Morgan fingerprint density at radius 3 is 2.31 bits per heavy atom. The molecule has 3 aromatic carbocycles. The van der Waals surface area contributed by atoms with E-state index in [-0.39, 0.29) is 10.8 Å². The summed E-state index contributed by atoms with van der Waals surface area (Å²) < 4.78 is 28.8. The topological polar surface area (TPSA) is 0 Å². The molecule has 1 aliphatic carbocycles. The predicted molar refractivity (Wildman–Crippen MR) is 117 cm³/mol. The third-order valence-corrected chi connectivity index (χ3v) is 6.17. The summed E-state index contributed by atoms with van der Waals surface area (Å²) in [5.74, 6) is -0.861. The zero-order chi connectivity index (χ0) is 20.4. The summed E-state index contributed by atoms with van der Waals surface area (Å²) in [6, 6.07) is 14.5. The molecule has 0 amide bonds. The number of aryl methyl sites for hydroxylation is 3. The molecule has 150 valence electrons. The van der Waals surface area contributed by atoms with Gasteiger partial charge in [0.1, 0.15) is 11.6 Å². The number of hydrogen-bond acceptors (Lipinski definition) is 0. The molecule has 4 rings (SSSR count). The first-order valence-corrected chi connectivity index (χ1v) is 10.8. The Labute approximate surface area is 176 Å². The number of unbranched alkanes of at least 4 members (excludes halogenated alkanes) is 3. The second-order valence-corrected chi connectivity index (χ2v) is 8.33. The van der Waals surface area contributed by atoms with E-state index in [9.17, 15) is 8.78 Å². The van der Waals surface area contributed by atoms with E-state index in [1.807, 2.05) is 6.07 Å². The van der Waals surface area contributed by atoms with Crippen LogP contribution in [-0.2, 0) is 19.3 Å². The summed E-state index contributed by atoms with van der Waals surface area (Å²) in [6.45, 7) is 2.23. The minimum atomic E-state index is -0.530. The van der Waals surface area contributed by atoms with Gasteiger partial charge < -0.3 is 0 Å². The Hall–Kier alpha value is -2.19. The zero-order valence-corrected chi connectivity index (χ0v) is 17.5.